The van der Waals surface area contributed by atoms with E-state index in [-0.39, 0.29) is 11.5 Å². The van der Waals surface area contributed by atoms with Crippen molar-refractivity contribution in [3.63, 3.8) is 0 Å². The molecule has 92 valence electrons. The molecule has 0 aliphatic heterocycles. The van der Waals surface area contributed by atoms with Gasteiger partial charge in [-0.15, -0.1) is 0 Å². The first-order chi connectivity index (χ1) is 7.76. The van der Waals surface area contributed by atoms with Gasteiger partial charge in [-0.2, -0.15) is 0 Å². The van der Waals surface area contributed by atoms with Crippen molar-refractivity contribution in [2.24, 2.45) is 5.92 Å². The van der Waals surface area contributed by atoms with Crippen LogP contribution < -0.4 is 5.32 Å². The van der Waals surface area contributed by atoms with Crippen molar-refractivity contribution >= 4 is 21.8 Å². The van der Waals surface area contributed by atoms with Crippen LogP contribution in [0.5, 0.6) is 0 Å². The molecule has 2 saturated carbocycles. The topological polar surface area (TPSA) is 29.1 Å². The lowest BCUT2D eigenvalue weighted by atomic mass is 9.90. The minimum absolute atomic E-state index is 0.124. The van der Waals surface area contributed by atoms with Crippen molar-refractivity contribution in [3.8, 4) is 0 Å². The number of hydrogen-bond donors (Lipinski definition) is 1. The van der Waals surface area contributed by atoms with Gasteiger partial charge in [0.2, 0.25) is 5.91 Å². The highest BCUT2D eigenvalue weighted by Crippen LogP contribution is 2.37. The van der Waals surface area contributed by atoms with Gasteiger partial charge in [0.1, 0.15) is 0 Å². The van der Waals surface area contributed by atoms with Crippen molar-refractivity contribution in [3.05, 3.63) is 0 Å². The average Bonchev–Trinajstić information content (AvgIpc) is 2.97. The Bertz CT molecular complexity index is 242. The summed E-state index contributed by atoms with van der Waals surface area (Å²) >= 11 is 3.50. The highest BCUT2D eigenvalue weighted by Gasteiger charge is 2.43. The predicted octanol–water partition coefficient (Wildman–Crippen LogP) is 3.39. The Labute approximate surface area is 107 Å². The Balaban J connectivity index is 1.82. The molecular weight excluding hydrogens is 266 g/mol. The maximum absolute atomic E-state index is 12.1. The highest BCUT2D eigenvalue weighted by molar-refractivity contribution is 9.09. The normalized spacial score (nSPS) is 25.6. The van der Waals surface area contributed by atoms with Crippen molar-refractivity contribution in [1.29, 1.82) is 0 Å². The standard InChI is InChI=1S/C13H22BrNO/c14-10-13(8-9-13)15-12(16)11-6-4-2-1-3-5-7-11/h11H,1-10H2,(H,15,16). The van der Waals surface area contributed by atoms with Gasteiger partial charge in [-0.1, -0.05) is 48.0 Å². The third kappa shape index (κ3) is 3.22. The Morgan fingerprint density at radius 1 is 1.12 bits per heavy atom. The first-order valence-corrected chi connectivity index (χ1v) is 7.76. The number of rotatable bonds is 3. The van der Waals surface area contributed by atoms with Gasteiger partial charge in [0, 0.05) is 16.8 Å². The van der Waals surface area contributed by atoms with E-state index in [4.69, 9.17) is 0 Å². The predicted molar refractivity (Wildman–Crippen MR) is 69.7 cm³/mol. The van der Waals surface area contributed by atoms with E-state index in [1.807, 2.05) is 0 Å². The number of carbonyl (C=O) groups excluding carboxylic acids is 1. The van der Waals surface area contributed by atoms with Crippen molar-refractivity contribution in [2.45, 2.75) is 63.3 Å². The molecule has 2 nitrogen and oxygen atoms in total. The smallest absolute Gasteiger partial charge is 0.223 e. The van der Waals surface area contributed by atoms with E-state index in [9.17, 15) is 4.79 Å². The molecule has 0 bridgehead atoms. The highest BCUT2D eigenvalue weighted by atomic mass is 79.9. The van der Waals surface area contributed by atoms with Gasteiger partial charge in [0.05, 0.1) is 0 Å². The summed E-state index contributed by atoms with van der Waals surface area (Å²) in [6, 6.07) is 0. The fourth-order valence-corrected chi connectivity index (χ4v) is 3.23. The van der Waals surface area contributed by atoms with Crippen molar-refractivity contribution in [1.82, 2.24) is 5.32 Å². The molecule has 0 spiro atoms. The third-order valence-electron chi connectivity index (χ3n) is 3.97. The monoisotopic (exact) mass is 287 g/mol. The van der Waals surface area contributed by atoms with Crippen LogP contribution in [0.15, 0.2) is 0 Å². The Kier molecular flexibility index (Phi) is 4.28. The molecule has 0 saturated heterocycles. The number of amides is 1. The molecule has 0 aromatic rings. The van der Waals surface area contributed by atoms with Crippen LogP contribution in [0, 0.1) is 5.92 Å². The summed E-state index contributed by atoms with van der Waals surface area (Å²) in [7, 11) is 0. The summed E-state index contributed by atoms with van der Waals surface area (Å²) < 4.78 is 0. The molecule has 2 aliphatic carbocycles. The first kappa shape index (κ1) is 12.4. The van der Waals surface area contributed by atoms with E-state index in [2.05, 4.69) is 21.2 Å². The second-order valence-corrected chi connectivity index (χ2v) is 6.01. The lowest BCUT2D eigenvalue weighted by Gasteiger charge is -2.22. The first-order valence-electron chi connectivity index (χ1n) is 6.64. The van der Waals surface area contributed by atoms with E-state index in [0.717, 1.165) is 31.0 Å². The molecule has 2 rings (SSSR count). The summed E-state index contributed by atoms with van der Waals surface area (Å²) in [5.41, 5.74) is 0.124. The van der Waals surface area contributed by atoms with Crippen LogP contribution >= 0.6 is 15.9 Å². The van der Waals surface area contributed by atoms with Crippen molar-refractivity contribution in [2.75, 3.05) is 5.33 Å². The third-order valence-corrected chi connectivity index (χ3v) is 5.05. The molecule has 0 atom stereocenters. The largest absolute Gasteiger partial charge is 0.350 e. The van der Waals surface area contributed by atoms with Gasteiger partial charge in [-0.05, 0) is 25.7 Å². The number of nitrogens with one attached hydrogen (secondary N) is 1. The molecule has 0 aromatic carbocycles. The SMILES string of the molecule is O=C(NC1(CBr)CC1)C1CCCCCCC1. The Hall–Kier alpha value is -0.0500. The number of hydrogen-bond acceptors (Lipinski definition) is 1. The van der Waals surface area contributed by atoms with E-state index >= 15 is 0 Å². The van der Waals surface area contributed by atoms with Gasteiger partial charge in [0.25, 0.3) is 0 Å². The molecule has 2 fully saturated rings. The molecule has 16 heavy (non-hydrogen) atoms. The van der Waals surface area contributed by atoms with Gasteiger partial charge >= 0.3 is 0 Å². The van der Waals surface area contributed by atoms with E-state index < -0.39 is 0 Å². The molecule has 0 heterocycles. The van der Waals surface area contributed by atoms with Crippen LogP contribution in [0.4, 0.5) is 0 Å². The average molecular weight is 288 g/mol. The minimum atomic E-state index is 0.124. The zero-order valence-electron chi connectivity index (χ0n) is 9.93. The molecule has 0 aromatic heterocycles. The fraction of sp³-hybridized carbons (Fsp3) is 0.923. The van der Waals surface area contributed by atoms with Crippen molar-refractivity contribution < 1.29 is 4.79 Å². The van der Waals surface area contributed by atoms with Gasteiger partial charge < -0.3 is 5.32 Å². The van der Waals surface area contributed by atoms with Crippen LogP contribution in [-0.4, -0.2) is 16.8 Å². The summed E-state index contributed by atoms with van der Waals surface area (Å²) in [6.07, 6.45) is 11.0. The molecule has 1 amide bonds. The van der Waals surface area contributed by atoms with Crippen LogP contribution in [0.25, 0.3) is 0 Å². The molecule has 2 aliphatic rings. The minimum Gasteiger partial charge on any atom is -0.350 e. The second-order valence-electron chi connectivity index (χ2n) is 5.45. The Morgan fingerprint density at radius 3 is 2.19 bits per heavy atom. The molecule has 0 unspecified atom stereocenters. The number of alkyl halides is 1. The molecule has 0 radical (unpaired) electrons. The fourth-order valence-electron chi connectivity index (χ4n) is 2.52. The maximum Gasteiger partial charge on any atom is 0.223 e. The van der Waals surface area contributed by atoms with Crippen LogP contribution in [0.3, 0.4) is 0 Å². The summed E-state index contributed by atoms with van der Waals surface area (Å²) in [5.74, 6) is 0.607. The van der Waals surface area contributed by atoms with Gasteiger partial charge in [-0.25, -0.2) is 0 Å². The van der Waals surface area contributed by atoms with Gasteiger partial charge in [0.15, 0.2) is 0 Å². The zero-order valence-corrected chi connectivity index (χ0v) is 11.5. The Morgan fingerprint density at radius 2 is 1.69 bits per heavy atom. The van der Waals surface area contributed by atoms with Crippen LogP contribution in [0.2, 0.25) is 0 Å². The van der Waals surface area contributed by atoms with Gasteiger partial charge in [-0.3, -0.25) is 4.79 Å². The summed E-state index contributed by atoms with van der Waals surface area (Å²) in [4.78, 5) is 12.1. The molecule has 3 heteroatoms. The summed E-state index contributed by atoms with van der Waals surface area (Å²) in [6.45, 7) is 0. The second kappa shape index (κ2) is 5.52. The zero-order chi connectivity index (χ0) is 11.4. The van der Waals surface area contributed by atoms with E-state index in [1.165, 1.54) is 32.1 Å². The quantitative estimate of drug-likeness (QED) is 0.792. The van der Waals surface area contributed by atoms with Crippen LogP contribution in [0.1, 0.15) is 57.8 Å². The number of carbonyl (C=O) groups is 1. The number of halogens is 1. The maximum atomic E-state index is 12.1. The van der Waals surface area contributed by atoms with Crippen LogP contribution in [-0.2, 0) is 4.79 Å². The lowest BCUT2D eigenvalue weighted by molar-refractivity contribution is -0.126. The van der Waals surface area contributed by atoms with E-state index in [1.54, 1.807) is 0 Å². The molecule has 1 N–H and O–H groups in total. The van der Waals surface area contributed by atoms with E-state index in [0.29, 0.717) is 5.91 Å². The lowest BCUT2D eigenvalue weighted by Crippen LogP contribution is -2.41. The molecular formula is C13H22BrNO. The summed E-state index contributed by atoms with van der Waals surface area (Å²) in [5, 5.41) is 4.16.